The number of pyridine rings is 1. The van der Waals surface area contributed by atoms with Gasteiger partial charge in [-0.15, -0.1) is 0 Å². The second-order valence-electron chi connectivity index (χ2n) is 7.28. The van der Waals surface area contributed by atoms with E-state index in [1.165, 1.54) is 0 Å². The van der Waals surface area contributed by atoms with E-state index in [4.69, 9.17) is 5.11 Å². The Bertz CT molecular complexity index is 802. The Balaban J connectivity index is 1.95. The van der Waals surface area contributed by atoms with Crippen molar-refractivity contribution in [2.75, 3.05) is 29.9 Å². The van der Waals surface area contributed by atoms with Gasteiger partial charge >= 0.3 is 6.09 Å². The van der Waals surface area contributed by atoms with Crippen molar-refractivity contribution in [2.45, 2.75) is 38.3 Å². The van der Waals surface area contributed by atoms with E-state index in [1.807, 2.05) is 6.20 Å². The van der Waals surface area contributed by atoms with Crippen LogP contribution >= 0.6 is 15.9 Å². The number of aromatic amines is 1. The summed E-state index contributed by atoms with van der Waals surface area (Å²) >= 11 is 3.60. The van der Waals surface area contributed by atoms with E-state index in [-0.39, 0.29) is 6.04 Å². The summed E-state index contributed by atoms with van der Waals surface area (Å²) in [5.74, 6) is 0. The van der Waals surface area contributed by atoms with Crippen LogP contribution in [0.2, 0.25) is 0 Å². The number of rotatable bonds is 5. The molecule has 1 unspecified atom stereocenters. The van der Waals surface area contributed by atoms with Crippen LogP contribution in [-0.2, 0) is 0 Å². The molecule has 8 nitrogen and oxygen atoms in total. The maximum absolute atomic E-state index is 11.0. The van der Waals surface area contributed by atoms with Crippen LogP contribution in [0.4, 0.5) is 16.2 Å². The lowest BCUT2D eigenvalue weighted by Crippen LogP contribution is -2.47. The summed E-state index contributed by atoms with van der Waals surface area (Å²) in [6.45, 7) is 5.33. The Labute approximate surface area is 160 Å². The van der Waals surface area contributed by atoms with Gasteiger partial charge in [-0.3, -0.25) is 0 Å². The van der Waals surface area contributed by atoms with Crippen molar-refractivity contribution in [3.8, 4) is 0 Å². The Morgan fingerprint density at radius 1 is 1.54 bits per heavy atom. The van der Waals surface area contributed by atoms with Crippen molar-refractivity contribution >= 4 is 44.4 Å². The minimum absolute atomic E-state index is 0.108. The molecule has 0 saturated carbocycles. The molecule has 0 spiro atoms. The van der Waals surface area contributed by atoms with E-state index in [0.29, 0.717) is 13.1 Å². The third-order valence-electron chi connectivity index (χ3n) is 4.41. The van der Waals surface area contributed by atoms with Crippen LogP contribution < -0.4 is 15.5 Å². The van der Waals surface area contributed by atoms with Gasteiger partial charge in [0.05, 0.1) is 26.8 Å². The van der Waals surface area contributed by atoms with Crippen molar-refractivity contribution in [2.24, 2.45) is 0 Å². The minimum atomic E-state index is -0.995. The number of carboxylic acid groups (broad SMARTS) is 1. The molecule has 26 heavy (non-hydrogen) atoms. The molecule has 0 aliphatic carbocycles. The fraction of sp³-hybridized carbons (Fsp3) is 0.529. The second-order valence-corrected chi connectivity index (χ2v) is 8.14. The molecule has 1 aliphatic heterocycles. The zero-order chi connectivity index (χ0) is 18.9. The summed E-state index contributed by atoms with van der Waals surface area (Å²) in [6.07, 6.45) is 4.33. The summed E-state index contributed by atoms with van der Waals surface area (Å²) in [5, 5.41) is 25.8. The number of carbonyl (C=O) groups is 1. The Hall–Kier alpha value is -2.00. The zero-order valence-electron chi connectivity index (χ0n) is 14.8. The molecule has 5 N–H and O–H groups in total. The zero-order valence-corrected chi connectivity index (χ0v) is 16.4. The number of H-pyrrole nitrogens is 1. The summed E-state index contributed by atoms with van der Waals surface area (Å²) < 4.78 is 0.854. The number of aliphatic hydroxyl groups is 1. The van der Waals surface area contributed by atoms with E-state index in [0.717, 1.165) is 46.3 Å². The lowest BCUT2D eigenvalue weighted by atomic mass is 10.0. The third kappa shape index (κ3) is 4.21. The first-order valence-electron chi connectivity index (χ1n) is 8.61. The van der Waals surface area contributed by atoms with Gasteiger partial charge in [-0.2, -0.15) is 0 Å². The van der Waals surface area contributed by atoms with Crippen LogP contribution in [0.1, 0.15) is 26.7 Å². The Morgan fingerprint density at radius 2 is 2.31 bits per heavy atom. The molecule has 3 rings (SSSR count). The highest BCUT2D eigenvalue weighted by Crippen LogP contribution is 2.39. The molecule has 142 valence electrons. The largest absolute Gasteiger partial charge is 0.465 e. The van der Waals surface area contributed by atoms with Gasteiger partial charge in [-0.05, 0) is 42.6 Å². The lowest BCUT2D eigenvalue weighted by molar-refractivity contribution is 0.0945. The average molecular weight is 426 g/mol. The van der Waals surface area contributed by atoms with Crippen LogP contribution in [0.25, 0.3) is 11.0 Å². The number of piperidine rings is 1. The molecule has 1 amide bonds. The van der Waals surface area contributed by atoms with Crippen LogP contribution in [0.5, 0.6) is 0 Å². The maximum Gasteiger partial charge on any atom is 0.404 e. The van der Waals surface area contributed by atoms with Crippen molar-refractivity contribution < 1.29 is 15.0 Å². The molecule has 1 atom stereocenters. The molecule has 1 saturated heterocycles. The van der Waals surface area contributed by atoms with E-state index >= 15 is 0 Å². The van der Waals surface area contributed by atoms with Gasteiger partial charge in [0, 0.05) is 38.1 Å². The van der Waals surface area contributed by atoms with Gasteiger partial charge in [0.1, 0.15) is 5.65 Å². The first-order valence-corrected chi connectivity index (χ1v) is 9.40. The van der Waals surface area contributed by atoms with E-state index in [9.17, 15) is 9.90 Å². The van der Waals surface area contributed by atoms with Crippen LogP contribution in [0.3, 0.4) is 0 Å². The number of halogens is 1. The van der Waals surface area contributed by atoms with Gasteiger partial charge in [-0.1, -0.05) is 0 Å². The highest BCUT2D eigenvalue weighted by Gasteiger charge is 2.26. The summed E-state index contributed by atoms with van der Waals surface area (Å²) in [4.78, 5) is 20.8. The molecule has 0 radical (unpaired) electrons. The number of hydrogen-bond acceptors (Lipinski definition) is 5. The summed E-state index contributed by atoms with van der Waals surface area (Å²) in [6, 6.07) is -0.108. The van der Waals surface area contributed by atoms with Crippen molar-refractivity contribution in [3.63, 3.8) is 0 Å². The van der Waals surface area contributed by atoms with Gasteiger partial charge in [0.15, 0.2) is 0 Å². The number of nitrogens with zero attached hydrogens (tertiary/aromatic N) is 2. The standard InChI is InChI=1S/C17H24BrN5O3/c1-17(2,26)9-21-12-7-20-15-13(12)14(11(18)6-19-15)23-5-3-4-10(8-23)22-16(24)25/h6-7,10,21-22,26H,3-5,8-9H2,1-2H3,(H,19,20)(H,24,25). The highest BCUT2D eigenvalue weighted by atomic mass is 79.9. The molecule has 2 aromatic rings. The highest BCUT2D eigenvalue weighted by molar-refractivity contribution is 9.10. The molecule has 9 heteroatoms. The number of fused-ring (bicyclic) bond motifs is 1. The fourth-order valence-corrected chi connectivity index (χ4v) is 3.84. The van der Waals surface area contributed by atoms with Gasteiger partial charge in [0.2, 0.25) is 0 Å². The molecular formula is C17H24BrN5O3. The fourth-order valence-electron chi connectivity index (χ4n) is 3.29. The van der Waals surface area contributed by atoms with Gasteiger partial charge < -0.3 is 30.7 Å². The predicted octanol–water partition coefficient (Wildman–Crippen LogP) is 2.74. The summed E-state index contributed by atoms with van der Waals surface area (Å²) in [7, 11) is 0. The van der Waals surface area contributed by atoms with Gasteiger partial charge in [-0.25, -0.2) is 9.78 Å². The molecule has 1 fully saturated rings. The van der Waals surface area contributed by atoms with Crippen LogP contribution in [0, 0.1) is 0 Å². The monoisotopic (exact) mass is 425 g/mol. The molecule has 3 heterocycles. The SMILES string of the molecule is CC(C)(O)CNc1c[nH]c2ncc(Br)c(N3CCCC(NC(=O)O)C3)c12. The normalized spacial score (nSPS) is 18.2. The lowest BCUT2D eigenvalue weighted by Gasteiger charge is -2.35. The topological polar surface area (TPSA) is 114 Å². The van der Waals surface area contributed by atoms with Crippen LogP contribution in [0.15, 0.2) is 16.9 Å². The number of amides is 1. The number of aromatic nitrogens is 2. The molecule has 1 aliphatic rings. The number of hydrogen-bond donors (Lipinski definition) is 5. The summed E-state index contributed by atoms with van der Waals surface area (Å²) in [5.41, 5.74) is 1.74. The maximum atomic E-state index is 11.0. The molecule has 0 aromatic carbocycles. The Morgan fingerprint density at radius 3 is 3.00 bits per heavy atom. The molecular weight excluding hydrogens is 402 g/mol. The van der Waals surface area contributed by atoms with E-state index in [2.05, 4.69) is 41.4 Å². The van der Waals surface area contributed by atoms with Gasteiger partial charge in [0.25, 0.3) is 0 Å². The number of nitrogens with one attached hydrogen (secondary N) is 3. The smallest absolute Gasteiger partial charge is 0.404 e. The quantitative estimate of drug-likeness (QED) is 0.503. The molecule has 0 bridgehead atoms. The van der Waals surface area contributed by atoms with Crippen molar-refractivity contribution in [3.05, 3.63) is 16.9 Å². The average Bonchev–Trinajstić information content (AvgIpc) is 2.95. The van der Waals surface area contributed by atoms with Crippen molar-refractivity contribution in [1.29, 1.82) is 0 Å². The predicted molar refractivity (Wildman–Crippen MR) is 105 cm³/mol. The first-order chi connectivity index (χ1) is 12.2. The molecule has 2 aromatic heterocycles. The third-order valence-corrected chi connectivity index (χ3v) is 4.99. The van der Waals surface area contributed by atoms with Crippen LogP contribution in [-0.4, -0.2) is 57.6 Å². The van der Waals surface area contributed by atoms with E-state index in [1.54, 1.807) is 20.0 Å². The second kappa shape index (κ2) is 7.32. The first kappa shape index (κ1) is 18.8. The number of anilines is 2. The Kier molecular flexibility index (Phi) is 5.29. The van der Waals surface area contributed by atoms with E-state index < -0.39 is 11.7 Å². The minimum Gasteiger partial charge on any atom is -0.465 e. The van der Waals surface area contributed by atoms with Crippen molar-refractivity contribution in [1.82, 2.24) is 15.3 Å².